The number of alkyl halides is 2. The molecule has 0 radical (unpaired) electrons. The van der Waals surface area contributed by atoms with Crippen molar-refractivity contribution in [1.29, 1.82) is 0 Å². The highest BCUT2D eigenvalue weighted by Crippen LogP contribution is 2.33. The summed E-state index contributed by atoms with van der Waals surface area (Å²) in [7, 11) is 0. The van der Waals surface area contributed by atoms with Crippen molar-refractivity contribution in [3.05, 3.63) is 63.7 Å². The molecule has 0 saturated heterocycles. The Bertz CT molecular complexity index is 1010. The summed E-state index contributed by atoms with van der Waals surface area (Å²) in [6.45, 7) is -2.79. The van der Waals surface area contributed by atoms with Gasteiger partial charge in [-0.1, -0.05) is 30.0 Å². The molecule has 134 valence electrons. The van der Waals surface area contributed by atoms with Crippen molar-refractivity contribution >= 4 is 34.4 Å². The quantitative estimate of drug-likeness (QED) is 0.400. The summed E-state index contributed by atoms with van der Waals surface area (Å²) < 4.78 is 27.6. The minimum absolute atomic E-state index is 0.00488. The molecule has 0 unspecified atom stereocenters. The zero-order valence-corrected chi connectivity index (χ0v) is 14.0. The van der Waals surface area contributed by atoms with Gasteiger partial charge in [-0.05, 0) is 18.2 Å². The number of imidazole rings is 1. The van der Waals surface area contributed by atoms with Gasteiger partial charge >= 0.3 is 6.55 Å². The van der Waals surface area contributed by atoms with E-state index >= 15 is 0 Å². The van der Waals surface area contributed by atoms with Crippen LogP contribution in [0.3, 0.4) is 0 Å². The van der Waals surface area contributed by atoms with E-state index in [2.05, 4.69) is 4.98 Å². The number of thioether (sulfide) groups is 1. The predicted octanol–water partition coefficient (Wildman–Crippen LogP) is 3.73. The highest BCUT2D eigenvalue weighted by Gasteiger charge is 2.21. The number of nitrogens with two attached hydrogens (primary N) is 1. The molecule has 3 aromatic rings. The highest BCUT2D eigenvalue weighted by molar-refractivity contribution is 7.98. The molecule has 3 rings (SSSR count). The first-order valence-electron chi connectivity index (χ1n) is 7.33. The fourth-order valence-corrected chi connectivity index (χ4v) is 3.47. The van der Waals surface area contributed by atoms with Gasteiger partial charge in [-0.15, -0.1) is 0 Å². The Kier molecular flexibility index (Phi) is 4.85. The molecule has 1 aromatic heterocycles. The first kappa shape index (κ1) is 17.8. The number of nitro benzene ring substituents is 1. The van der Waals surface area contributed by atoms with E-state index in [1.807, 2.05) is 0 Å². The number of amides is 1. The Hall–Kier alpha value is -3.01. The predicted molar refractivity (Wildman–Crippen MR) is 92.2 cm³/mol. The molecule has 10 heteroatoms. The largest absolute Gasteiger partial charge is 0.366 e. The number of fused-ring (bicyclic) bond motifs is 1. The third-order valence-electron chi connectivity index (χ3n) is 3.68. The van der Waals surface area contributed by atoms with Crippen molar-refractivity contribution in [3.8, 4) is 0 Å². The molecule has 0 spiro atoms. The van der Waals surface area contributed by atoms with Gasteiger partial charge in [-0.2, -0.15) is 8.78 Å². The number of para-hydroxylation sites is 2. The molecule has 7 nitrogen and oxygen atoms in total. The molecule has 0 atom stereocenters. The molecule has 26 heavy (non-hydrogen) atoms. The second-order valence-electron chi connectivity index (χ2n) is 5.28. The van der Waals surface area contributed by atoms with Crippen LogP contribution >= 0.6 is 11.8 Å². The summed E-state index contributed by atoms with van der Waals surface area (Å²) in [5.74, 6) is -0.752. The van der Waals surface area contributed by atoms with Crippen LogP contribution in [0.1, 0.15) is 22.5 Å². The number of nitrogens with zero attached hydrogens (tertiary/aromatic N) is 3. The van der Waals surface area contributed by atoms with Gasteiger partial charge in [-0.3, -0.25) is 19.5 Å². The van der Waals surface area contributed by atoms with E-state index < -0.39 is 17.4 Å². The van der Waals surface area contributed by atoms with Crippen LogP contribution in [0.25, 0.3) is 11.0 Å². The van der Waals surface area contributed by atoms with Crippen LogP contribution in [-0.4, -0.2) is 20.4 Å². The number of benzene rings is 2. The number of rotatable bonds is 6. The monoisotopic (exact) mass is 378 g/mol. The summed E-state index contributed by atoms with van der Waals surface area (Å²) in [6.07, 6.45) is 0. The minimum Gasteiger partial charge on any atom is -0.366 e. The average molecular weight is 378 g/mol. The summed E-state index contributed by atoms with van der Waals surface area (Å²) in [5.41, 5.74) is 5.81. The van der Waals surface area contributed by atoms with Gasteiger partial charge in [0.05, 0.1) is 16.0 Å². The Morgan fingerprint density at radius 3 is 2.69 bits per heavy atom. The number of halogens is 2. The number of primary amides is 1. The molecular weight excluding hydrogens is 366 g/mol. The standard InChI is InChI=1S/C16H12F2N4O3S/c17-15(18)21-12-4-2-1-3-11(12)20-16(21)26-8-10-6-5-9(14(19)23)7-13(10)22(24)25/h1-7,15H,8H2,(H2,19,23). The van der Waals surface area contributed by atoms with Crippen LogP contribution in [0.5, 0.6) is 0 Å². The average Bonchev–Trinajstić information content (AvgIpc) is 2.98. The maximum atomic E-state index is 13.4. The minimum atomic E-state index is -2.79. The van der Waals surface area contributed by atoms with Crippen molar-refractivity contribution < 1.29 is 18.5 Å². The lowest BCUT2D eigenvalue weighted by molar-refractivity contribution is -0.385. The van der Waals surface area contributed by atoms with E-state index in [4.69, 9.17) is 5.73 Å². The van der Waals surface area contributed by atoms with Crippen molar-refractivity contribution in [1.82, 2.24) is 9.55 Å². The summed E-state index contributed by atoms with van der Waals surface area (Å²) >= 11 is 0.951. The molecular formula is C16H12F2N4O3S. The Balaban J connectivity index is 1.94. The molecule has 1 heterocycles. The van der Waals surface area contributed by atoms with E-state index in [1.54, 1.807) is 18.2 Å². The topological polar surface area (TPSA) is 104 Å². The SMILES string of the molecule is NC(=O)c1ccc(CSc2nc3ccccc3n2C(F)F)c([N+](=O)[O-])c1. The van der Waals surface area contributed by atoms with Gasteiger partial charge < -0.3 is 5.73 Å². The van der Waals surface area contributed by atoms with E-state index in [9.17, 15) is 23.7 Å². The van der Waals surface area contributed by atoms with E-state index in [0.29, 0.717) is 5.52 Å². The van der Waals surface area contributed by atoms with E-state index in [1.165, 1.54) is 18.2 Å². The van der Waals surface area contributed by atoms with Crippen LogP contribution in [0, 0.1) is 10.1 Å². The van der Waals surface area contributed by atoms with Crippen LogP contribution in [0.15, 0.2) is 47.6 Å². The molecule has 0 saturated carbocycles. The second kappa shape index (κ2) is 7.08. The van der Waals surface area contributed by atoms with Gasteiger partial charge in [0, 0.05) is 22.9 Å². The summed E-state index contributed by atoms with van der Waals surface area (Å²) in [6, 6.07) is 10.3. The molecule has 2 aromatic carbocycles. The number of hydrogen-bond donors (Lipinski definition) is 1. The Labute approximate surface area is 150 Å². The zero-order chi connectivity index (χ0) is 18.8. The molecule has 2 N–H and O–H groups in total. The zero-order valence-electron chi connectivity index (χ0n) is 13.1. The van der Waals surface area contributed by atoms with Crippen LogP contribution in [0.4, 0.5) is 14.5 Å². The van der Waals surface area contributed by atoms with Crippen molar-refractivity contribution in [2.75, 3.05) is 0 Å². The van der Waals surface area contributed by atoms with Crippen molar-refractivity contribution in [2.45, 2.75) is 17.5 Å². The first-order valence-corrected chi connectivity index (χ1v) is 8.32. The number of aromatic nitrogens is 2. The molecule has 0 bridgehead atoms. The third-order valence-corrected chi connectivity index (χ3v) is 4.68. The third kappa shape index (κ3) is 3.36. The highest BCUT2D eigenvalue weighted by atomic mass is 32.2. The lowest BCUT2D eigenvalue weighted by Crippen LogP contribution is -2.11. The van der Waals surface area contributed by atoms with Gasteiger partial charge in [0.15, 0.2) is 5.16 Å². The van der Waals surface area contributed by atoms with Gasteiger partial charge in [0.1, 0.15) is 0 Å². The number of carbonyl (C=O) groups excluding carboxylic acids is 1. The van der Waals surface area contributed by atoms with Gasteiger partial charge in [0.2, 0.25) is 5.91 Å². The maximum absolute atomic E-state index is 13.4. The lowest BCUT2D eigenvalue weighted by Gasteiger charge is -2.08. The Morgan fingerprint density at radius 2 is 2.04 bits per heavy atom. The molecule has 0 fully saturated rings. The van der Waals surface area contributed by atoms with Gasteiger partial charge in [0.25, 0.3) is 5.69 Å². The van der Waals surface area contributed by atoms with Gasteiger partial charge in [-0.25, -0.2) is 4.98 Å². The number of nitro groups is 1. The Morgan fingerprint density at radius 1 is 1.31 bits per heavy atom. The molecule has 0 aliphatic carbocycles. The molecule has 0 aliphatic rings. The second-order valence-corrected chi connectivity index (χ2v) is 6.23. The van der Waals surface area contributed by atoms with E-state index in [0.717, 1.165) is 22.4 Å². The van der Waals surface area contributed by atoms with Crippen LogP contribution in [-0.2, 0) is 5.75 Å². The summed E-state index contributed by atoms with van der Waals surface area (Å²) in [5, 5.41) is 11.3. The van der Waals surface area contributed by atoms with Crippen molar-refractivity contribution in [3.63, 3.8) is 0 Å². The lowest BCUT2D eigenvalue weighted by atomic mass is 10.1. The fraction of sp³-hybridized carbons (Fsp3) is 0.125. The number of carbonyl (C=O) groups is 1. The normalized spacial score (nSPS) is 11.2. The summed E-state index contributed by atoms with van der Waals surface area (Å²) in [4.78, 5) is 25.9. The van der Waals surface area contributed by atoms with Crippen LogP contribution < -0.4 is 5.73 Å². The molecule has 1 amide bonds. The smallest absolute Gasteiger partial charge is 0.321 e. The number of hydrogen-bond acceptors (Lipinski definition) is 5. The molecule has 0 aliphatic heterocycles. The fourth-order valence-electron chi connectivity index (χ4n) is 2.46. The van der Waals surface area contributed by atoms with Crippen LogP contribution in [0.2, 0.25) is 0 Å². The first-order chi connectivity index (χ1) is 12.4. The van der Waals surface area contributed by atoms with E-state index in [-0.39, 0.29) is 33.2 Å². The maximum Gasteiger partial charge on any atom is 0.321 e. The van der Waals surface area contributed by atoms with Crippen molar-refractivity contribution in [2.24, 2.45) is 5.73 Å².